The van der Waals surface area contributed by atoms with E-state index in [2.05, 4.69) is 35.5 Å². The molecule has 0 aliphatic carbocycles. The van der Waals surface area contributed by atoms with Gasteiger partial charge in [0.25, 0.3) is 5.91 Å². The van der Waals surface area contributed by atoms with Crippen molar-refractivity contribution in [3.63, 3.8) is 0 Å². The summed E-state index contributed by atoms with van der Waals surface area (Å²) in [7, 11) is 0. The Morgan fingerprint density at radius 3 is 2.69 bits per heavy atom. The zero-order valence-electron chi connectivity index (χ0n) is 18.0. The summed E-state index contributed by atoms with van der Waals surface area (Å²) in [4.78, 5) is 17.3. The van der Waals surface area contributed by atoms with Crippen LogP contribution in [0.15, 0.2) is 30.5 Å². The zero-order chi connectivity index (χ0) is 21.0. The second-order valence-corrected chi connectivity index (χ2v) is 7.69. The van der Waals surface area contributed by atoms with E-state index in [-0.39, 0.29) is 12.0 Å². The minimum atomic E-state index is -0.150. The maximum absolute atomic E-state index is 12.6. The number of carbonyl (C=O) groups is 1. The van der Waals surface area contributed by atoms with Crippen LogP contribution in [0.1, 0.15) is 58.7 Å². The molecule has 3 rings (SSSR count). The molecule has 0 radical (unpaired) electrons. The lowest BCUT2D eigenvalue weighted by Gasteiger charge is -2.13. The molecule has 0 aliphatic rings. The van der Waals surface area contributed by atoms with Crippen LogP contribution in [0.5, 0.6) is 0 Å². The van der Waals surface area contributed by atoms with E-state index in [0.29, 0.717) is 24.4 Å². The lowest BCUT2D eigenvalue weighted by Crippen LogP contribution is -2.25. The van der Waals surface area contributed by atoms with Crippen LogP contribution in [-0.2, 0) is 11.2 Å². The summed E-state index contributed by atoms with van der Waals surface area (Å²) >= 11 is 0. The van der Waals surface area contributed by atoms with Crippen LogP contribution in [0.2, 0.25) is 0 Å². The maximum atomic E-state index is 12.6. The van der Waals surface area contributed by atoms with Crippen LogP contribution < -0.4 is 5.32 Å². The van der Waals surface area contributed by atoms with Gasteiger partial charge in [0.1, 0.15) is 5.56 Å². The minimum absolute atomic E-state index is 0.150. The second-order valence-electron chi connectivity index (χ2n) is 7.69. The molecule has 154 valence electrons. The molecule has 6 nitrogen and oxygen atoms in total. The van der Waals surface area contributed by atoms with Gasteiger partial charge in [-0.2, -0.15) is 5.10 Å². The number of rotatable bonds is 8. The van der Waals surface area contributed by atoms with Crippen molar-refractivity contribution in [3.05, 3.63) is 64.1 Å². The Hall–Kier alpha value is -2.73. The van der Waals surface area contributed by atoms with Gasteiger partial charge < -0.3 is 10.1 Å². The van der Waals surface area contributed by atoms with Gasteiger partial charge in [-0.1, -0.05) is 24.3 Å². The highest BCUT2D eigenvalue weighted by Gasteiger charge is 2.18. The first-order valence-corrected chi connectivity index (χ1v) is 10.2. The molecule has 1 amide bonds. The van der Waals surface area contributed by atoms with Gasteiger partial charge in [0.2, 0.25) is 0 Å². The van der Waals surface area contributed by atoms with Crippen molar-refractivity contribution in [2.45, 2.75) is 53.6 Å². The van der Waals surface area contributed by atoms with Gasteiger partial charge in [-0.05, 0) is 57.7 Å². The van der Waals surface area contributed by atoms with Gasteiger partial charge in [-0.15, -0.1) is 0 Å². The van der Waals surface area contributed by atoms with Crippen LogP contribution in [-0.4, -0.2) is 39.8 Å². The number of carbonyl (C=O) groups excluding carboxylic acids is 1. The molecular formula is C23H30N4O2. The minimum Gasteiger partial charge on any atom is -0.379 e. The number of aryl methyl sites for hydroxylation is 3. The van der Waals surface area contributed by atoms with E-state index in [9.17, 15) is 4.79 Å². The highest BCUT2D eigenvalue weighted by Crippen LogP contribution is 2.21. The summed E-state index contributed by atoms with van der Waals surface area (Å²) < 4.78 is 7.28. The Bertz CT molecular complexity index is 1010. The molecular weight excluding hydrogens is 364 g/mol. The van der Waals surface area contributed by atoms with Crippen molar-refractivity contribution in [2.75, 3.05) is 13.2 Å². The third-order valence-corrected chi connectivity index (χ3v) is 5.14. The first-order valence-electron chi connectivity index (χ1n) is 10.2. The molecule has 1 aromatic carbocycles. The highest BCUT2D eigenvalue weighted by atomic mass is 16.5. The van der Waals surface area contributed by atoms with Gasteiger partial charge in [0, 0.05) is 31.0 Å². The lowest BCUT2D eigenvalue weighted by molar-refractivity contribution is 0.0757. The van der Waals surface area contributed by atoms with Crippen molar-refractivity contribution < 1.29 is 9.53 Å². The fourth-order valence-corrected chi connectivity index (χ4v) is 3.41. The van der Waals surface area contributed by atoms with Gasteiger partial charge in [-0.3, -0.25) is 4.79 Å². The second kappa shape index (κ2) is 9.18. The van der Waals surface area contributed by atoms with Gasteiger partial charge in [-0.25, -0.2) is 9.50 Å². The molecule has 6 heteroatoms. The molecule has 0 atom stereocenters. The quantitative estimate of drug-likeness (QED) is 0.590. The van der Waals surface area contributed by atoms with Gasteiger partial charge >= 0.3 is 0 Å². The monoisotopic (exact) mass is 394 g/mol. The van der Waals surface area contributed by atoms with Crippen LogP contribution in [0.3, 0.4) is 0 Å². The lowest BCUT2D eigenvalue weighted by atomic mass is 9.99. The third-order valence-electron chi connectivity index (χ3n) is 5.14. The molecule has 0 bridgehead atoms. The van der Waals surface area contributed by atoms with Crippen LogP contribution in [0.25, 0.3) is 5.65 Å². The summed E-state index contributed by atoms with van der Waals surface area (Å²) in [6.07, 6.45) is 3.38. The van der Waals surface area contributed by atoms with Gasteiger partial charge in [0.15, 0.2) is 5.65 Å². The number of hydrogen-bond donors (Lipinski definition) is 1. The first-order chi connectivity index (χ1) is 13.9. The molecule has 0 saturated carbocycles. The predicted octanol–water partition coefficient (Wildman–Crippen LogP) is 3.79. The van der Waals surface area contributed by atoms with Gasteiger partial charge in [0.05, 0.1) is 12.3 Å². The van der Waals surface area contributed by atoms with Crippen molar-refractivity contribution >= 4 is 11.6 Å². The average Bonchev–Trinajstić information content (AvgIpc) is 3.09. The topological polar surface area (TPSA) is 68.5 Å². The van der Waals surface area contributed by atoms with Crippen molar-refractivity contribution in [3.8, 4) is 0 Å². The maximum Gasteiger partial charge on any atom is 0.256 e. The average molecular weight is 395 g/mol. The Morgan fingerprint density at radius 1 is 1.21 bits per heavy atom. The molecule has 29 heavy (non-hydrogen) atoms. The Morgan fingerprint density at radius 2 is 1.97 bits per heavy atom. The van der Waals surface area contributed by atoms with E-state index in [1.165, 1.54) is 11.1 Å². The fourth-order valence-electron chi connectivity index (χ4n) is 3.41. The van der Waals surface area contributed by atoms with Crippen molar-refractivity contribution in [1.29, 1.82) is 0 Å². The summed E-state index contributed by atoms with van der Waals surface area (Å²) in [5.74, 6) is -0.150. The number of ether oxygens (including phenoxy) is 1. The number of aromatic nitrogens is 3. The van der Waals surface area contributed by atoms with Crippen molar-refractivity contribution in [1.82, 2.24) is 19.9 Å². The molecule has 1 N–H and O–H groups in total. The molecule has 0 saturated heterocycles. The smallest absolute Gasteiger partial charge is 0.256 e. The SMILES string of the molecule is Cc1ccccc1Cc1c(C)nc2c(C(=O)NCCCOC(C)C)cnn2c1C. The van der Waals surface area contributed by atoms with E-state index in [0.717, 1.165) is 29.8 Å². The number of nitrogens with one attached hydrogen (secondary N) is 1. The largest absolute Gasteiger partial charge is 0.379 e. The summed E-state index contributed by atoms with van der Waals surface area (Å²) in [6.45, 7) is 11.3. The number of fused-ring (bicyclic) bond motifs is 1. The molecule has 2 aromatic heterocycles. The Kier molecular flexibility index (Phi) is 6.64. The normalized spacial score (nSPS) is 11.4. The van der Waals surface area contributed by atoms with E-state index < -0.39 is 0 Å². The van der Waals surface area contributed by atoms with E-state index in [4.69, 9.17) is 9.72 Å². The number of nitrogens with zero attached hydrogens (tertiary/aromatic N) is 3. The molecule has 0 aliphatic heterocycles. The Balaban J connectivity index is 1.79. The predicted molar refractivity (Wildman–Crippen MR) is 114 cm³/mol. The van der Waals surface area contributed by atoms with Crippen LogP contribution >= 0.6 is 0 Å². The van der Waals surface area contributed by atoms with Crippen LogP contribution in [0, 0.1) is 20.8 Å². The zero-order valence-corrected chi connectivity index (χ0v) is 18.0. The fraction of sp³-hybridized carbons (Fsp3) is 0.435. The molecule has 0 fully saturated rings. The van der Waals surface area contributed by atoms with E-state index in [1.54, 1.807) is 10.7 Å². The molecule has 3 aromatic rings. The van der Waals surface area contributed by atoms with E-state index >= 15 is 0 Å². The third kappa shape index (κ3) is 4.82. The summed E-state index contributed by atoms with van der Waals surface area (Å²) in [5, 5.41) is 7.38. The standard InChI is InChI=1S/C23H30N4O2/c1-15(2)29-12-8-11-24-23(28)21-14-25-27-18(5)20(17(4)26-22(21)27)13-19-10-7-6-9-16(19)3/h6-7,9-10,14-15H,8,11-13H2,1-5H3,(H,24,28). The highest BCUT2D eigenvalue weighted by molar-refractivity contribution is 5.99. The first kappa shape index (κ1) is 21.0. The number of benzene rings is 1. The molecule has 2 heterocycles. The number of amides is 1. The van der Waals surface area contributed by atoms with E-state index in [1.807, 2.05) is 33.8 Å². The molecule has 0 unspecified atom stereocenters. The Labute approximate surface area is 172 Å². The molecule has 0 spiro atoms. The van der Waals surface area contributed by atoms with Crippen molar-refractivity contribution in [2.24, 2.45) is 0 Å². The summed E-state index contributed by atoms with van der Waals surface area (Å²) in [6, 6.07) is 8.37. The number of hydrogen-bond acceptors (Lipinski definition) is 4. The van der Waals surface area contributed by atoms with Crippen LogP contribution in [0.4, 0.5) is 0 Å². The summed E-state index contributed by atoms with van der Waals surface area (Å²) in [5.41, 5.74) is 6.72.